The van der Waals surface area contributed by atoms with Crippen LogP contribution in [0.3, 0.4) is 0 Å². The van der Waals surface area contributed by atoms with Gasteiger partial charge in [0.25, 0.3) is 0 Å². The van der Waals surface area contributed by atoms with Crippen LogP contribution in [0.15, 0.2) is 27.7 Å². The molecule has 1 heterocycles. The third kappa shape index (κ3) is 6.41. The van der Waals surface area contributed by atoms with E-state index in [1.54, 1.807) is 7.11 Å². The van der Waals surface area contributed by atoms with Crippen LogP contribution in [0.25, 0.3) is 0 Å². The number of carbonyl (C=O) groups excluding carboxylic acids is 1. The number of benzene rings is 1. The predicted octanol–water partition coefficient (Wildman–Crippen LogP) is 3.16. The summed E-state index contributed by atoms with van der Waals surface area (Å²) < 4.78 is 6.44. The molecule has 0 saturated carbocycles. The zero-order valence-corrected chi connectivity index (χ0v) is 18.3. The Kier molecular flexibility index (Phi) is 8.41. The highest BCUT2D eigenvalue weighted by molar-refractivity contribution is 9.10. The topological polar surface area (TPSA) is 66.0 Å². The third-order valence-corrected chi connectivity index (χ3v) is 5.13. The Bertz CT molecular complexity index is 655. The van der Waals surface area contributed by atoms with Crippen LogP contribution in [-0.4, -0.2) is 49.6 Å². The van der Waals surface area contributed by atoms with Crippen molar-refractivity contribution in [2.24, 2.45) is 10.9 Å². The van der Waals surface area contributed by atoms with Gasteiger partial charge in [0.05, 0.1) is 13.7 Å². The van der Waals surface area contributed by atoms with Crippen LogP contribution in [-0.2, 0) is 11.3 Å². The molecule has 1 aromatic rings. The van der Waals surface area contributed by atoms with Crippen LogP contribution < -0.4 is 15.4 Å². The van der Waals surface area contributed by atoms with Gasteiger partial charge >= 0.3 is 0 Å². The fourth-order valence-electron chi connectivity index (χ4n) is 3.16. The van der Waals surface area contributed by atoms with Gasteiger partial charge in [-0.05, 0) is 38.0 Å². The lowest BCUT2D eigenvalue weighted by atomic mass is 10.0. The quantitative estimate of drug-likeness (QED) is 0.528. The molecule has 6 nitrogen and oxygen atoms in total. The Balaban J connectivity index is 1.97. The highest BCUT2D eigenvalue weighted by Gasteiger charge is 2.24. The Morgan fingerprint density at radius 1 is 1.37 bits per heavy atom. The molecule has 0 aromatic heterocycles. The van der Waals surface area contributed by atoms with Crippen LogP contribution >= 0.6 is 15.9 Å². The monoisotopic (exact) mass is 438 g/mol. The number of halogens is 1. The molecule has 1 fully saturated rings. The summed E-state index contributed by atoms with van der Waals surface area (Å²) in [6.07, 6.45) is 1.87. The Hall–Kier alpha value is -1.76. The van der Waals surface area contributed by atoms with Gasteiger partial charge in [0.1, 0.15) is 5.75 Å². The molecule has 150 valence electrons. The number of carbonyl (C=O) groups is 1. The number of nitrogens with one attached hydrogen (secondary N) is 2. The summed E-state index contributed by atoms with van der Waals surface area (Å²) in [7, 11) is 1.67. The number of likely N-dealkylation sites (tertiary alicyclic amines) is 1. The largest absolute Gasteiger partial charge is 0.496 e. The number of guanidine groups is 1. The van der Waals surface area contributed by atoms with Gasteiger partial charge in [-0.1, -0.05) is 29.8 Å². The average molecular weight is 439 g/mol. The van der Waals surface area contributed by atoms with E-state index in [1.165, 1.54) is 0 Å². The van der Waals surface area contributed by atoms with Crippen molar-refractivity contribution in [1.82, 2.24) is 15.5 Å². The van der Waals surface area contributed by atoms with Crippen molar-refractivity contribution in [3.8, 4) is 5.75 Å². The maximum absolute atomic E-state index is 12.1. The van der Waals surface area contributed by atoms with Gasteiger partial charge in [-0.2, -0.15) is 0 Å². The molecule has 1 saturated heterocycles. The summed E-state index contributed by atoms with van der Waals surface area (Å²) >= 11 is 3.50. The molecule has 2 N–H and O–H groups in total. The van der Waals surface area contributed by atoms with Crippen molar-refractivity contribution < 1.29 is 9.53 Å². The molecule has 0 spiro atoms. The van der Waals surface area contributed by atoms with E-state index >= 15 is 0 Å². The van der Waals surface area contributed by atoms with E-state index in [0.717, 1.165) is 54.2 Å². The highest BCUT2D eigenvalue weighted by Crippen LogP contribution is 2.23. The fourth-order valence-corrected chi connectivity index (χ4v) is 3.57. The fraction of sp³-hybridized carbons (Fsp3) is 0.600. The van der Waals surface area contributed by atoms with Gasteiger partial charge in [-0.25, -0.2) is 4.99 Å². The summed E-state index contributed by atoms with van der Waals surface area (Å²) in [6, 6.07) is 6.25. The molecule has 1 aromatic carbocycles. The predicted molar refractivity (Wildman–Crippen MR) is 113 cm³/mol. The molecular formula is C20H31BrN4O2. The molecule has 27 heavy (non-hydrogen) atoms. The molecule has 7 heteroatoms. The second-order valence-electron chi connectivity index (χ2n) is 7.05. The van der Waals surface area contributed by atoms with Gasteiger partial charge in [0.15, 0.2) is 5.96 Å². The number of nitrogens with zero attached hydrogens (tertiary/aromatic N) is 2. The molecule has 0 aliphatic carbocycles. The minimum Gasteiger partial charge on any atom is -0.496 e. The normalized spacial score (nSPS) is 15.8. The number of rotatable bonds is 6. The molecule has 1 aliphatic rings. The van der Waals surface area contributed by atoms with Gasteiger partial charge in [-0.3, -0.25) is 4.79 Å². The number of amides is 1. The van der Waals surface area contributed by atoms with E-state index in [-0.39, 0.29) is 11.8 Å². The van der Waals surface area contributed by atoms with Gasteiger partial charge < -0.3 is 20.3 Å². The van der Waals surface area contributed by atoms with Gasteiger partial charge in [0, 0.05) is 41.6 Å². The summed E-state index contributed by atoms with van der Waals surface area (Å²) in [5.74, 6) is 1.94. The molecule has 0 atom stereocenters. The van der Waals surface area contributed by atoms with Crippen LogP contribution in [0.2, 0.25) is 0 Å². The lowest BCUT2D eigenvalue weighted by Crippen LogP contribution is -2.50. The Morgan fingerprint density at radius 2 is 2.07 bits per heavy atom. The van der Waals surface area contributed by atoms with Gasteiger partial charge in [0.2, 0.25) is 5.91 Å². The minimum atomic E-state index is 0.0635. The van der Waals surface area contributed by atoms with Crippen LogP contribution in [0.5, 0.6) is 5.75 Å². The van der Waals surface area contributed by atoms with E-state index < -0.39 is 0 Å². The molecule has 0 radical (unpaired) electrons. The molecule has 2 rings (SSSR count). The van der Waals surface area contributed by atoms with Crippen molar-refractivity contribution in [3.63, 3.8) is 0 Å². The zero-order chi connectivity index (χ0) is 19.8. The molecule has 0 bridgehead atoms. The first kappa shape index (κ1) is 21.5. The lowest BCUT2D eigenvalue weighted by Gasteiger charge is -2.34. The van der Waals surface area contributed by atoms with Crippen molar-refractivity contribution in [1.29, 1.82) is 0 Å². The van der Waals surface area contributed by atoms with Crippen molar-refractivity contribution in [2.75, 3.05) is 26.7 Å². The Labute approximate surface area is 170 Å². The van der Waals surface area contributed by atoms with Crippen LogP contribution in [0.1, 0.15) is 39.2 Å². The third-order valence-electron chi connectivity index (χ3n) is 4.64. The van der Waals surface area contributed by atoms with Crippen LogP contribution in [0, 0.1) is 5.92 Å². The molecule has 0 unspecified atom stereocenters. The Morgan fingerprint density at radius 3 is 2.67 bits per heavy atom. The minimum absolute atomic E-state index is 0.0635. The summed E-state index contributed by atoms with van der Waals surface area (Å²) in [5, 5.41) is 6.83. The van der Waals surface area contributed by atoms with E-state index in [2.05, 4.69) is 33.5 Å². The molecule has 1 amide bonds. The van der Waals surface area contributed by atoms with Crippen LogP contribution in [0.4, 0.5) is 0 Å². The van der Waals surface area contributed by atoms with E-state index in [9.17, 15) is 4.79 Å². The number of ether oxygens (including phenoxy) is 1. The van der Waals surface area contributed by atoms with E-state index in [0.29, 0.717) is 12.6 Å². The average Bonchev–Trinajstić information content (AvgIpc) is 2.66. The molecular weight excluding hydrogens is 408 g/mol. The first-order chi connectivity index (χ1) is 12.9. The van der Waals surface area contributed by atoms with E-state index in [1.807, 2.05) is 36.9 Å². The first-order valence-corrected chi connectivity index (χ1v) is 10.4. The summed E-state index contributed by atoms with van der Waals surface area (Å²) in [6.45, 7) is 8.90. The second-order valence-corrected chi connectivity index (χ2v) is 7.97. The maximum Gasteiger partial charge on any atom is 0.225 e. The smallest absolute Gasteiger partial charge is 0.225 e. The summed E-state index contributed by atoms with van der Waals surface area (Å²) in [4.78, 5) is 18.8. The zero-order valence-electron chi connectivity index (χ0n) is 16.7. The van der Waals surface area contributed by atoms with Crippen molar-refractivity contribution in [2.45, 2.75) is 46.2 Å². The number of hydrogen-bond donors (Lipinski definition) is 2. The van der Waals surface area contributed by atoms with Crippen molar-refractivity contribution in [3.05, 3.63) is 28.2 Å². The van der Waals surface area contributed by atoms with Crippen molar-refractivity contribution >= 4 is 27.8 Å². The highest BCUT2D eigenvalue weighted by atomic mass is 79.9. The number of hydrogen-bond acceptors (Lipinski definition) is 3. The van der Waals surface area contributed by atoms with E-state index in [4.69, 9.17) is 9.73 Å². The SMILES string of the molecule is CCNC(=NCc1cc(Br)ccc1OC)NC1CCN(C(=O)C(C)C)CC1. The number of piperidine rings is 1. The number of aliphatic imine (C=N–C) groups is 1. The summed E-state index contributed by atoms with van der Waals surface area (Å²) in [5.41, 5.74) is 1.03. The second kappa shape index (κ2) is 10.5. The number of methoxy groups -OCH3 is 1. The first-order valence-electron chi connectivity index (χ1n) is 9.60. The maximum atomic E-state index is 12.1. The standard InChI is InChI=1S/C20H31BrN4O2/c1-5-22-20(23-13-15-12-16(21)6-7-18(15)27-4)24-17-8-10-25(11-9-17)19(26)14(2)3/h6-7,12,14,17H,5,8-11,13H2,1-4H3,(H2,22,23,24). The molecule has 1 aliphatic heterocycles. The van der Waals surface area contributed by atoms with Gasteiger partial charge in [-0.15, -0.1) is 0 Å². The lowest BCUT2D eigenvalue weighted by molar-refractivity contribution is -0.135.